The van der Waals surface area contributed by atoms with Crippen molar-refractivity contribution in [3.8, 4) is 11.5 Å². The average Bonchev–Trinajstić information content (AvgIpc) is 3.07. The fourth-order valence-corrected chi connectivity index (χ4v) is 6.56. The molecule has 0 heterocycles. The Morgan fingerprint density at radius 1 is 0.404 bits per heavy atom. The van der Waals surface area contributed by atoms with Crippen molar-refractivity contribution in [1.82, 2.24) is 0 Å². The molecule has 0 aromatic heterocycles. The summed E-state index contributed by atoms with van der Waals surface area (Å²) >= 11 is 0. The molecule has 0 bridgehead atoms. The van der Waals surface area contributed by atoms with Crippen LogP contribution in [-0.2, 0) is 0 Å². The van der Waals surface area contributed by atoms with E-state index in [0.29, 0.717) is 30.3 Å². The Morgan fingerprint density at radius 2 is 0.638 bits per heavy atom. The number of carbonyl (C=O) groups is 1. The summed E-state index contributed by atoms with van der Waals surface area (Å²) in [6.45, 7) is 5.91. The van der Waals surface area contributed by atoms with Gasteiger partial charge < -0.3 is 15.2 Å². The standard InChI is InChI=1S/C43H79NO3/c1-3-5-7-9-11-13-15-17-19-21-23-25-27-29-31-33-35-46-41-37-40(43(44)45)38-42(39-41)47-36-34-32-30-28-26-24-22-20-18-16-14-12-10-8-6-4-2/h37-39H,3-36H2,1-2H3,(H2,44,45). The maximum absolute atomic E-state index is 11.9. The molecule has 0 atom stereocenters. The Labute approximate surface area is 293 Å². The van der Waals surface area contributed by atoms with Crippen molar-refractivity contribution in [2.24, 2.45) is 5.73 Å². The van der Waals surface area contributed by atoms with E-state index in [1.54, 1.807) is 12.1 Å². The number of primary amides is 1. The van der Waals surface area contributed by atoms with E-state index >= 15 is 0 Å². The normalized spacial score (nSPS) is 11.3. The van der Waals surface area contributed by atoms with Gasteiger partial charge in [0.15, 0.2) is 0 Å². The van der Waals surface area contributed by atoms with E-state index in [1.807, 2.05) is 6.07 Å². The van der Waals surface area contributed by atoms with Gasteiger partial charge in [0.25, 0.3) is 0 Å². The Kier molecular flexibility index (Phi) is 31.5. The molecule has 0 saturated carbocycles. The number of carbonyl (C=O) groups excluding carboxylic acids is 1. The maximum Gasteiger partial charge on any atom is 0.248 e. The van der Waals surface area contributed by atoms with Gasteiger partial charge in [0.2, 0.25) is 5.91 Å². The molecule has 274 valence electrons. The minimum absolute atomic E-state index is 0.440. The van der Waals surface area contributed by atoms with Gasteiger partial charge in [-0.15, -0.1) is 0 Å². The Hall–Kier alpha value is -1.71. The molecule has 0 unspecified atom stereocenters. The first-order valence-electron chi connectivity index (χ1n) is 20.9. The molecule has 0 aliphatic heterocycles. The third-order valence-corrected chi connectivity index (χ3v) is 9.70. The number of hydrogen-bond acceptors (Lipinski definition) is 3. The molecule has 0 aliphatic rings. The summed E-state index contributed by atoms with van der Waals surface area (Å²) in [6, 6.07) is 5.40. The summed E-state index contributed by atoms with van der Waals surface area (Å²) in [4.78, 5) is 11.9. The molecular formula is C43H79NO3. The number of ether oxygens (including phenoxy) is 2. The second kappa shape index (κ2) is 34.2. The molecule has 47 heavy (non-hydrogen) atoms. The summed E-state index contributed by atoms with van der Waals surface area (Å²) in [5.41, 5.74) is 6.05. The minimum Gasteiger partial charge on any atom is -0.493 e. The molecule has 0 spiro atoms. The average molecular weight is 658 g/mol. The van der Waals surface area contributed by atoms with Gasteiger partial charge in [-0.2, -0.15) is 0 Å². The highest BCUT2D eigenvalue weighted by molar-refractivity contribution is 5.93. The first kappa shape index (κ1) is 43.3. The van der Waals surface area contributed by atoms with Crippen molar-refractivity contribution in [2.75, 3.05) is 13.2 Å². The van der Waals surface area contributed by atoms with Crippen LogP contribution >= 0.6 is 0 Å². The third-order valence-electron chi connectivity index (χ3n) is 9.70. The second-order valence-electron chi connectivity index (χ2n) is 14.4. The molecule has 0 aliphatic carbocycles. The van der Waals surface area contributed by atoms with E-state index in [2.05, 4.69) is 13.8 Å². The van der Waals surface area contributed by atoms with Crippen molar-refractivity contribution in [3.05, 3.63) is 23.8 Å². The van der Waals surface area contributed by atoms with Crippen LogP contribution < -0.4 is 15.2 Å². The molecule has 0 saturated heterocycles. The van der Waals surface area contributed by atoms with Crippen LogP contribution in [0, 0.1) is 0 Å². The monoisotopic (exact) mass is 658 g/mol. The topological polar surface area (TPSA) is 61.6 Å². The van der Waals surface area contributed by atoms with E-state index in [9.17, 15) is 4.79 Å². The van der Waals surface area contributed by atoms with Crippen LogP contribution in [0.2, 0.25) is 0 Å². The number of unbranched alkanes of at least 4 members (excludes halogenated alkanes) is 30. The molecule has 1 rings (SSSR count). The first-order chi connectivity index (χ1) is 23.2. The van der Waals surface area contributed by atoms with Gasteiger partial charge in [-0.1, -0.05) is 206 Å². The zero-order valence-electron chi connectivity index (χ0n) is 31.6. The van der Waals surface area contributed by atoms with Gasteiger partial charge in [-0.25, -0.2) is 0 Å². The van der Waals surface area contributed by atoms with E-state index in [4.69, 9.17) is 15.2 Å². The summed E-state index contributed by atoms with van der Waals surface area (Å²) in [6.07, 6.45) is 43.5. The van der Waals surface area contributed by atoms with E-state index in [1.165, 1.54) is 193 Å². The van der Waals surface area contributed by atoms with Crippen molar-refractivity contribution in [1.29, 1.82) is 0 Å². The highest BCUT2D eigenvalue weighted by Gasteiger charge is 2.08. The van der Waals surface area contributed by atoms with Crippen LogP contribution in [0.25, 0.3) is 0 Å². The Balaban J connectivity index is 2.01. The molecule has 4 nitrogen and oxygen atoms in total. The predicted octanol–water partition coefficient (Wildman–Crippen LogP) is 14.1. The molecule has 1 aromatic rings. The van der Waals surface area contributed by atoms with Gasteiger partial charge in [0, 0.05) is 11.6 Å². The van der Waals surface area contributed by atoms with E-state index in [-0.39, 0.29) is 0 Å². The van der Waals surface area contributed by atoms with Crippen LogP contribution in [0.3, 0.4) is 0 Å². The first-order valence-corrected chi connectivity index (χ1v) is 20.9. The maximum atomic E-state index is 11.9. The number of hydrogen-bond donors (Lipinski definition) is 1. The lowest BCUT2D eigenvalue weighted by Gasteiger charge is -2.12. The smallest absolute Gasteiger partial charge is 0.248 e. The predicted molar refractivity (Wildman–Crippen MR) is 205 cm³/mol. The van der Waals surface area contributed by atoms with Gasteiger partial charge in [0.05, 0.1) is 13.2 Å². The zero-order valence-corrected chi connectivity index (χ0v) is 31.6. The van der Waals surface area contributed by atoms with Crippen LogP contribution in [0.1, 0.15) is 230 Å². The molecule has 2 N–H and O–H groups in total. The summed E-state index contributed by atoms with van der Waals surface area (Å²) in [7, 11) is 0. The van der Waals surface area contributed by atoms with Crippen molar-refractivity contribution in [3.63, 3.8) is 0 Å². The number of benzene rings is 1. The Morgan fingerprint density at radius 3 is 0.872 bits per heavy atom. The van der Waals surface area contributed by atoms with E-state index in [0.717, 1.165) is 12.8 Å². The van der Waals surface area contributed by atoms with E-state index < -0.39 is 5.91 Å². The van der Waals surface area contributed by atoms with Crippen molar-refractivity contribution >= 4 is 5.91 Å². The molecular weight excluding hydrogens is 578 g/mol. The fourth-order valence-electron chi connectivity index (χ4n) is 6.56. The number of rotatable bonds is 37. The third kappa shape index (κ3) is 29.0. The minimum atomic E-state index is -0.440. The zero-order chi connectivity index (χ0) is 33.9. The second-order valence-corrected chi connectivity index (χ2v) is 14.4. The van der Waals surface area contributed by atoms with Crippen LogP contribution in [0.5, 0.6) is 11.5 Å². The molecule has 0 fully saturated rings. The molecule has 1 aromatic carbocycles. The van der Waals surface area contributed by atoms with Gasteiger partial charge in [-0.3, -0.25) is 4.79 Å². The van der Waals surface area contributed by atoms with Gasteiger partial charge in [-0.05, 0) is 25.0 Å². The highest BCUT2D eigenvalue weighted by Crippen LogP contribution is 2.24. The highest BCUT2D eigenvalue weighted by atomic mass is 16.5. The van der Waals surface area contributed by atoms with Gasteiger partial charge in [0.1, 0.15) is 11.5 Å². The van der Waals surface area contributed by atoms with Crippen LogP contribution in [0.4, 0.5) is 0 Å². The number of nitrogens with two attached hydrogens (primary N) is 1. The quantitative estimate of drug-likeness (QED) is 0.0724. The fraction of sp³-hybridized carbons (Fsp3) is 0.837. The summed E-state index contributed by atoms with van der Waals surface area (Å²) in [5.74, 6) is 0.929. The van der Waals surface area contributed by atoms with Crippen LogP contribution in [-0.4, -0.2) is 19.1 Å². The largest absolute Gasteiger partial charge is 0.493 e. The molecule has 0 radical (unpaired) electrons. The lowest BCUT2D eigenvalue weighted by molar-refractivity contribution is 0.0999. The molecule has 1 amide bonds. The SMILES string of the molecule is CCCCCCCCCCCCCCCCCCOc1cc(OCCCCCCCCCCCCCCCCCC)cc(C(N)=O)c1. The molecule has 4 heteroatoms. The Bertz CT molecular complexity index is 754. The number of amides is 1. The summed E-state index contributed by atoms with van der Waals surface area (Å²) in [5, 5.41) is 0. The lowest BCUT2D eigenvalue weighted by Crippen LogP contribution is -2.12. The van der Waals surface area contributed by atoms with Crippen LogP contribution in [0.15, 0.2) is 18.2 Å². The summed E-state index contributed by atoms with van der Waals surface area (Å²) < 4.78 is 12.0. The lowest BCUT2D eigenvalue weighted by atomic mass is 10.0. The van der Waals surface area contributed by atoms with Crippen molar-refractivity contribution in [2.45, 2.75) is 219 Å². The van der Waals surface area contributed by atoms with Crippen molar-refractivity contribution < 1.29 is 14.3 Å². The van der Waals surface area contributed by atoms with Gasteiger partial charge >= 0.3 is 0 Å².